The van der Waals surface area contributed by atoms with Crippen LogP contribution >= 0.6 is 0 Å². The Bertz CT molecular complexity index is 817. The van der Waals surface area contributed by atoms with Gasteiger partial charge in [-0.25, -0.2) is 21.6 Å². The first-order valence-electron chi connectivity index (χ1n) is 8.23. The first kappa shape index (κ1) is 19.9. The Kier molecular flexibility index (Phi) is 6.23. The maximum atomic E-state index is 12.4. The molecular formula is C16H24N2O5S2. The van der Waals surface area contributed by atoms with Crippen molar-refractivity contribution in [3.05, 3.63) is 29.8 Å². The predicted octanol–water partition coefficient (Wildman–Crippen LogP) is 1.02. The molecule has 1 amide bonds. The average molecular weight is 389 g/mol. The summed E-state index contributed by atoms with van der Waals surface area (Å²) in [4.78, 5) is 13.9. The zero-order valence-electron chi connectivity index (χ0n) is 14.4. The fourth-order valence-electron chi connectivity index (χ4n) is 2.67. The van der Waals surface area contributed by atoms with Gasteiger partial charge in [0.15, 0.2) is 9.84 Å². The monoisotopic (exact) mass is 388 g/mol. The molecule has 0 spiro atoms. The van der Waals surface area contributed by atoms with Crippen molar-refractivity contribution in [3.63, 3.8) is 0 Å². The molecule has 0 aliphatic carbocycles. The largest absolute Gasteiger partial charge is 0.342 e. The van der Waals surface area contributed by atoms with Crippen molar-refractivity contribution in [1.82, 2.24) is 9.62 Å². The number of nitrogens with one attached hydrogen (secondary N) is 1. The van der Waals surface area contributed by atoms with E-state index in [1.54, 1.807) is 11.9 Å². The minimum Gasteiger partial charge on any atom is -0.342 e. The van der Waals surface area contributed by atoms with Crippen LogP contribution in [0.25, 0.3) is 0 Å². The van der Waals surface area contributed by atoms with Crippen molar-refractivity contribution < 1.29 is 21.6 Å². The number of nitrogens with zero attached hydrogens (tertiary/aromatic N) is 1. The zero-order valence-corrected chi connectivity index (χ0v) is 16.1. The molecule has 9 heteroatoms. The SMILES string of the molecule is CCCCN(C)C(=O)c1ccc(S(=O)(=O)NC2CCS(=O)(=O)C2)cc1. The quantitative estimate of drug-likeness (QED) is 0.752. The lowest BCUT2D eigenvalue weighted by Crippen LogP contribution is -2.35. The Morgan fingerprint density at radius 2 is 1.92 bits per heavy atom. The molecule has 1 atom stereocenters. The van der Waals surface area contributed by atoms with E-state index in [1.165, 1.54) is 24.3 Å². The van der Waals surface area contributed by atoms with Gasteiger partial charge in [0.2, 0.25) is 10.0 Å². The van der Waals surface area contributed by atoms with Gasteiger partial charge in [-0.2, -0.15) is 0 Å². The summed E-state index contributed by atoms with van der Waals surface area (Å²) < 4.78 is 50.0. The molecule has 1 saturated heterocycles. The molecule has 1 aromatic rings. The van der Waals surface area contributed by atoms with Crippen molar-refractivity contribution in [2.75, 3.05) is 25.1 Å². The smallest absolute Gasteiger partial charge is 0.253 e. The van der Waals surface area contributed by atoms with Crippen LogP contribution in [0.15, 0.2) is 29.2 Å². The zero-order chi connectivity index (χ0) is 18.7. The van der Waals surface area contributed by atoms with Crippen molar-refractivity contribution in [1.29, 1.82) is 0 Å². The Hall–Kier alpha value is -1.45. The average Bonchev–Trinajstić information content (AvgIpc) is 2.89. The van der Waals surface area contributed by atoms with Crippen molar-refractivity contribution in [2.45, 2.75) is 37.1 Å². The highest BCUT2D eigenvalue weighted by molar-refractivity contribution is 7.92. The molecular weight excluding hydrogens is 364 g/mol. The first-order chi connectivity index (χ1) is 11.6. The molecule has 0 radical (unpaired) electrons. The Morgan fingerprint density at radius 1 is 1.28 bits per heavy atom. The summed E-state index contributed by atoms with van der Waals surface area (Å²) in [5.74, 6) is -0.338. The van der Waals surface area contributed by atoms with E-state index in [9.17, 15) is 21.6 Å². The van der Waals surface area contributed by atoms with Gasteiger partial charge in [-0.05, 0) is 37.1 Å². The lowest BCUT2D eigenvalue weighted by Gasteiger charge is -2.17. The summed E-state index contributed by atoms with van der Waals surface area (Å²) in [5.41, 5.74) is 0.418. The van der Waals surface area contributed by atoms with Gasteiger partial charge in [0.05, 0.1) is 16.4 Å². The summed E-state index contributed by atoms with van der Waals surface area (Å²) >= 11 is 0. The van der Waals surface area contributed by atoms with Crippen LogP contribution in [0, 0.1) is 0 Å². The van der Waals surface area contributed by atoms with Crippen LogP contribution in [-0.2, 0) is 19.9 Å². The Labute approximate surface area is 149 Å². The number of sulfone groups is 1. The van der Waals surface area contributed by atoms with Crippen LogP contribution in [0.5, 0.6) is 0 Å². The molecule has 0 aromatic heterocycles. The van der Waals surface area contributed by atoms with Crippen LogP contribution in [0.3, 0.4) is 0 Å². The predicted molar refractivity (Wildman–Crippen MR) is 95.7 cm³/mol. The van der Waals surface area contributed by atoms with Gasteiger partial charge in [0.1, 0.15) is 0 Å². The van der Waals surface area contributed by atoms with Crippen LogP contribution in [0.4, 0.5) is 0 Å². The molecule has 140 valence electrons. The fourth-order valence-corrected chi connectivity index (χ4v) is 5.72. The van der Waals surface area contributed by atoms with Crippen molar-refractivity contribution in [2.24, 2.45) is 0 Å². The van der Waals surface area contributed by atoms with Crippen molar-refractivity contribution in [3.8, 4) is 0 Å². The fraction of sp³-hybridized carbons (Fsp3) is 0.562. The summed E-state index contributed by atoms with van der Waals surface area (Å²) in [6.07, 6.45) is 2.17. The van der Waals surface area contributed by atoms with Gasteiger partial charge in [0, 0.05) is 25.2 Å². The van der Waals surface area contributed by atoms with E-state index >= 15 is 0 Å². The molecule has 0 bridgehead atoms. The van der Waals surface area contributed by atoms with E-state index in [1.807, 2.05) is 6.92 Å². The van der Waals surface area contributed by atoms with Crippen molar-refractivity contribution >= 4 is 25.8 Å². The Balaban J connectivity index is 2.07. The van der Waals surface area contributed by atoms with Gasteiger partial charge in [-0.3, -0.25) is 4.79 Å². The standard InChI is InChI=1S/C16H24N2O5S2/c1-3-4-10-18(2)16(19)13-5-7-15(8-6-13)25(22,23)17-14-9-11-24(20,21)12-14/h5-8,14,17H,3-4,9-12H2,1-2H3. The van der Waals surface area contributed by atoms with Gasteiger partial charge >= 0.3 is 0 Å². The third-order valence-electron chi connectivity index (χ3n) is 4.16. The van der Waals surface area contributed by atoms with Crippen LogP contribution < -0.4 is 4.72 Å². The van der Waals surface area contributed by atoms with Crippen LogP contribution in [0.1, 0.15) is 36.5 Å². The molecule has 25 heavy (non-hydrogen) atoms. The summed E-state index contributed by atoms with van der Waals surface area (Å²) in [5, 5.41) is 0. The number of rotatable bonds is 7. The second-order valence-corrected chi connectivity index (χ2v) is 10.3. The molecule has 1 N–H and O–H groups in total. The van der Waals surface area contributed by atoms with Crippen LogP contribution in [0.2, 0.25) is 0 Å². The van der Waals surface area contributed by atoms with Gasteiger partial charge in [0.25, 0.3) is 5.91 Å². The number of sulfonamides is 1. The van der Waals surface area contributed by atoms with E-state index < -0.39 is 25.9 Å². The molecule has 7 nitrogen and oxygen atoms in total. The second kappa shape index (κ2) is 7.84. The van der Waals surface area contributed by atoms with E-state index in [0.29, 0.717) is 12.1 Å². The third-order valence-corrected chi connectivity index (χ3v) is 7.46. The third kappa shape index (κ3) is 5.26. The maximum Gasteiger partial charge on any atom is 0.253 e. The number of carbonyl (C=O) groups excluding carboxylic acids is 1. The highest BCUT2D eigenvalue weighted by Gasteiger charge is 2.31. The molecule has 1 aliphatic rings. The highest BCUT2D eigenvalue weighted by atomic mass is 32.2. The molecule has 1 heterocycles. The molecule has 1 aliphatic heterocycles. The maximum absolute atomic E-state index is 12.4. The molecule has 1 unspecified atom stereocenters. The topological polar surface area (TPSA) is 101 Å². The van der Waals surface area contributed by atoms with E-state index in [0.717, 1.165) is 12.8 Å². The summed E-state index contributed by atoms with van der Waals surface area (Å²) in [6.45, 7) is 2.69. The summed E-state index contributed by atoms with van der Waals surface area (Å²) in [6, 6.07) is 5.09. The van der Waals surface area contributed by atoms with Crippen LogP contribution in [-0.4, -0.2) is 58.8 Å². The molecule has 1 fully saturated rings. The first-order valence-corrected chi connectivity index (χ1v) is 11.5. The van der Waals surface area contributed by atoms with Gasteiger partial charge < -0.3 is 4.90 Å². The van der Waals surface area contributed by atoms with E-state index in [-0.39, 0.29) is 28.7 Å². The number of hydrogen-bond donors (Lipinski definition) is 1. The normalized spacial score (nSPS) is 19.7. The molecule has 0 saturated carbocycles. The van der Waals surface area contributed by atoms with Gasteiger partial charge in [-0.15, -0.1) is 0 Å². The summed E-state index contributed by atoms with van der Waals surface area (Å²) in [7, 11) is -5.26. The number of amides is 1. The highest BCUT2D eigenvalue weighted by Crippen LogP contribution is 2.17. The number of unbranched alkanes of at least 4 members (excludes halogenated alkanes) is 1. The minimum absolute atomic E-state index is 0.00226. The number of benzene rings is 1. The molecule has 2 rings (SSSR count). The number of carbonyl (C=O) groups is 1. The minimum atomic E-state index is -3.81. The second-order valence-electron chi connectivity index (χ2n) is 6.33. The lowest BCUT2D eigenvalue weighted by atomic mass is 10.2. The van der Waals surface area contributed by atoms with E-state index in [2.05, 4.69) is 4.72 Å². The number of hydrogen-bond acceptors (Lipinski definition) is 5. The molecule has 1 aromatic carbocycles. The van der Waals surface area contributed by atoms with E-state index in [4.69, 9.17) is 0 Å². The lowest BCUT2D eigenvalue weighted by molar-refractivity contribution is 0.0793. The Morgan fingerprint density at radius 3 is 2.44 bits per heavy atom. The van der Waals surface area contributed by atoms with Gasteiger partial charge in [-0.1, -0.05) is 13.3 Å².